The number of carbonyl (C=O) groups excluding carboxylic acids is 1. The van der Waals surface area contributed by atoms with Crippen LogP contribution in [0.1, 0.15) is 25.7 Å². The first-order chi connectivity index (χ1) is 9.34. The predicted molar refractivity (Wildman–Crippen MR) is 77.5 cm³/mol. The molecule has 2 fully saturated rings. The molecule has 2 aliphatic heterocycles. The van der Waals surface area contributed by atoms with E-state index in [2.05, 4.69) is 16.7 Å². The minimum absolute atomic E-state index is 0.250. The monoisotopic (exact) mass is 259 g/mol. The van der Waals surface area contributed by atoms with E-state index in [0.29, 0.717) is 12.5 Å². The molecule has 19 heavy (non-hydrogen) atoms. The third-order valence-corrected chi connectivity index (χ3v) is 3.97. The van der Waals surface area contributed by atoms with Crippen LogP contribution in [-0.4, -0.2) is 31.6 Å². The van der Waals surface area contributed by atoms with Crippen molar-refractivity contribution in [3.63, 3.8) is 0 Å². The molecule has 0 radical (unpaired) electrons. The zero-order valence-corrected chi connectivity index (χ0v) is 11.2. The first kappa shape index (κ1) is 12.5. The van der Waals surface area contributed by atoms with E-state index >= 15 is 0 Å². The molecule has 0 bridgehead atoms. The number of piperidine rings is 1. The molecule has 4 nitrogen and oxygen atoms in total. The van der Waals surface area contributed by atoms with Crippen LogP contribution in [0.3, 0.4) is 0 Å². The molecule has 2 aliphatic rings. The van der Waals surface area contributed by atoms with Crippen LogP contribution in [0, 0.1) is 0 Å². The summed E-state index contributed by atoms with van der Waals surface area (Å²) in [4.78, 5) is 13.8. The van der Waals surface area contributed by atoms with Crippen molar-refractivity contribution in [3.8, 4) is 0 Å². The molecular formula is C15H21N3O. The quantitative estimate of drug-likeness (QED) is 0.872. The molecule has 0 atom stereocenters. The molecular weight excluding hydrogens is 238 g/mol. The lowest BCUT2D eigenvalue weighted by atomic mass is 10.1. The highest BCUT2D eigenvalue weighted by atomic mass is 16.2. The second-order valence-corrected chi connectivity index (χ2v) is 5.33. The van der Waals surface area contributed by atoms with E-state index in [0.717, 1.165) is 50.3 Å². The molecule has 2 saturated heterocycles. The molecule has 4 heteroatoms. The van der Waals surface area contributed by atoms with Crippen molar-refractivity contribution in [2.45, 2.75) is 31.7 Å². The molecule has 1 amide bonds. The second kappa shape index (κ2) is 5.61. The molecule has 2 N–H and O–H groups in total. The lowest BCUT2D eigenvalue weighted by Crippen LogP contribution is -2.36. The van der Waals surface area contributed by atoms with Crippen molar-refractivity contribution in [2.75, 3.05) is 29.9 Å². The van der Waals surface area contributed by atoms with Gasteiger partial charge in [0.05, 0.1) is 11.4 Å². The topological polar surface area (TPSA) is 44.4 Å². The number of hydrogen-bond acceptors (Lipinski definition) is 3. The standard InChI is InChI=1S/C15H21N3O/c19-15-6-3-11-18(15)14-5-2-1-4-13(14)17-12-7-9-16-10-8-12/h1-2,4-5,12,16-17H,3,6-11H2. The van der Waals surface area contributed by atoms with Crippen molar-refractivity contribution in [1.29, 1.82) is 0 Å². The summed E-state index contributed by atoms with van der Waals surface area (Å²) in [5.74, 6) is 0.250. The van der Waals surface area contributed by atoms with Crippen LogP contribution in [0.2, 0.25) is 0 Å². The van der Waals surface area contributed by atoms with Gasteiger partial charge in [0.15, 0.2) is 0 Å². The summed E-state index contributed by atoms with van der Waals surface area (Å²) in [6, 6.07) is 8.69. The number of amides is 1. The Balaban J connectivity index is 1.78. The summed E-state index contributed by atoms with van der Waals surface area (Å²) in [5, 5.41) is 6.99. The number of benzene rings is 1. The van der Waals surface area contributed by atoms with Gasteiger partial charge in [-0.1, -0.05) is 12.1 Å². The summed E-state index contributed by atoms with van der Waals surface area (Å²) in [6.07, 6.45) is 3.94. The molecule has 0 spiro atoms. The van der Waals surface area contributed by atoms with Gasteiger partial charge >= 0.3 is 0 Å². The number of nitrogens with zero attached hydrogens (tertiary/aromatic N) is 1. The summed E-state index contributed by atoms with van der Waals surface area (Å²) in [5.41, 5.74) is 2.15. The van der Waals surface area contributed by atoms with E-state index in [1.807, 2.05) is 23.1 Å². The van der Waals surface area contributed by atoms with Crippen LogP contribution in [-0.2, 0) is 4.79 Å². The van der Waals surface area contributed by atoms with E-state index in [-0.39, 0.29) is 5.91 Å². The van der Waals surface area contributed by atoms with Gasteiger partial charge in [-0.05, 0) is 44.5 Å². The van der Waals surface area contributed by atoms with Crippen LogP contribution >= 0.6 is 0 Å². The van der Waals surface area contributed by atoms with Crippen LogP contribution in [0.4, 0.5) is 11.4 Å². The molecule has 1 aromatic carbocycles. The average molecular weight is 259 g/mol. The van der Waals surface area contributed by atoms with Crippen LogP contribution in [0.15, 0.2) is 24.3 Å². The Kier molecular flexibility index (Phi) is 3.69. The molecule has 3 rings (SSSR count). The summed E-state index contributed by atoms with van der Waals surface area (Å²) in [7, 11) is 0. The van der Waals surface area contributed by atoms with E-state index in [1.165, 1.54) is 0 Å². The Labute approximate surface area is 114 Å². The van der Waals surface area contributed by atoms with Gasteiger partial charge in [-0.25, -0.2) is 0 Å². The minimum atomic E-state index is 0.250. The van der Waals surface area contributed by atoms with E-state index in [1.54, 1.807) is 0 Å². The number of rotatable bonds is 3. The zero-order chi connectivity index (χ0) is 13.1. The SMILES string of the molecule is O=C1CCCN1c1ccccc1NC1CCNCC1. The molecule has 2 heterocycles. The van der Waals surface area contributed by atoms with E-state index in [4.69, 9.17) is 0 Å². The Morgan fingerprint density at radius 2 is 2.00 bits per heavy atom. The largest absolute Gasteiger partial charge is 0.381 e. The molecule has 1 aromatic rings. The molecule has 0 saturated carbocycles. The van der Waals surface area contributed by atoms with Gasteiger partial charge in [0.2, 0.25) is 5.91 Å². The first-order valence-corrected chi connectivity index (χ1v) is 7.21. The van der Waals surface area contributed by atoms with Crippen molar-refractivity contribution < 1.29 is 4.79 Å². The fourth-order valence-electron chi connectivity index (χ4n) is 2.92. The lowest BCUT2D eigenvalue weighted by Gasteiger charge is -2.27. The normalized spacial score (nSPS) is 20.8. The van der Waals surface area contributed by atoms with E-state index in [9.17, 15) is 4.79 Å². The Hall–Kier alpha value is -1.55. The maximum Gasteiger partial charge on any atom is 0.227 e. The summed E-state index contributed by atoms with van der Waals surface area (Å²) in [6.45, 7) is 2.99. The Morgan fingerprint density at radius 1 is 1.21 bits per heavy atom. The van der Waals surface area contributed by atoms with Gasteiger partial charge < -0.3 is 15.5 Å². The van der Waals surface area contributed by atoms with Crippen molar-refractivity contribution in [1.82, 2.24) is 5.32 Å². The van der Waals surface area contributed by atoms with Crippen LogP contribution in [0.5, 0.6) is 0 Å². The van der Waals surface area contributed by atoms with Gasteiger partial charge in [0.1, 0.15) is 0 Å². The Bertz CT molecular complexity index is 454. The Morgan fingerprint density at radius 3 is 2.74 bits per heavy atom. The minimum Gasteiger partial charge on any atom is -0.381 e. The molecule has 102 valence electrons. The van der Waals surface area contributed by atoms with Gasteiger partial charge in [-0.15, -0.1) is 0 Å². The van der Waals surface area contributed by atoms with Crippen molar-refractivity contribution in [3.05, 3.63) is 24.3 Å². The second-order valence-electron chi connectivity index (χ2n) is 5.33. The molecule has 0 aromatic heterocycles. The smallest absolute Gasteiger partial charge is 0.227 e. The van der Waals surface area contributed by atoms with E-state index < -0.39 is 0 Å². The fourth-order valence-corrected chi connectivity index (χ4v) is 2.92. The number of hydrogen-bond donors (Lipinski definition) is 2. The number of para-hydroxylation sites is 2. The number of carbonyl (C=O) groups is 1. The number of anilines is 2. The lowest BCUT2D eigenvalue weighted by molar-refractivity contribution is -0.117. The maximum atomic E-state index is 11.9. The van der Waals surface area contributed by atoms with Gasteiger partial charge in [-0.2, -0.15) is 0 Å². The van der Waals surface area contributed by atoms with Crippen LogP contribution < -0.4 is 15.5 Å². The fraction of sp³-hybridized carbons (Fsp3) is 0.533. The molecule has 0 aliphatic carbocycles. The third kappa shape index (κ3) is 2.73. The number of nitrogens with one attached hydrogen (secondary N) is 2. The third-order valence-electron chi connectivity index (χ3n) is 3.97. The first-order valence-electron chi connectivity index (χ1n) is 7.21. The van der Waals surface area contributed by atoms with Crippen molar-refractivity contribution in [2.24, 2.45) is 0 Å². The highest BCUT2D eigenvalue weighted by molar-refractivity contribution is 5.98. The van der Waals surface area contributed by atoms with Gasteiger partial charge in [0, 0.05) is 19.0 Å². The van der Waals surface area contributed by atoms with Gasteiger partial charge in [0.25, 0.3) is 0 Å². The zero-order valence-electron chi connectivity index (χ0n) is 11.2. The predicted octanol–water partition coefficient (Wildman–Crippen LogP) is 1.98. The average Bonchev–Trinajstić information content (AvgIpc) is 2.87. The van der Waals surface area contributed by atoms with Gasteiger partial charge in [-0.3, -0.25) is 4.79 Å². The van der Waals surface area contributed by atoms with Crippen LogP contribution in [0.25, 0.3) is 0 Å². The molecule has 0 unspecified atom stereocenters. The summed E-state index contributed by atoms with van der Waals surface area (Å²) >= 11 is 0. The van der Waals surface area contributed by atoms with Crippen molar-refractivity contribution >= 4 is 17.3 Å². The maximum absolute atomic E-state index is 11.9. The highest BCUT2D eigenvalue weighted by Gasteiger charge is 2.24. The summed E-state index contributed by atoms with van der Waals surface area (Å²) < 4.78 is 0. The highest BCUT2D eigenvalue weighted by Crippen LogP contribution is 2.30.